The molecule has 1 aromatic carbocycles. The average Bonchev–Trinajstić information content (AvgIpc) is 2.15. The molecule has 0 aromatic heterocycles. The number of hydrogen-bond acceptors (Lipinski definition) is 2. The van der Waals surface area contributed by atoms with Gasteiger partial charge in [0.1, 0.15) is 0 Å². The normalized spacial score (nSPS) is 9.93. The second-order valence-corrected chi connectivity index (χ2v) is 2.50. The van der Waals surface area contributed by atoms with Crippen molar-refractivity contribution in [3.8, 4) is 5.75 Å². The van der Waals surface area contributed by atoms with Crippen molar-refractivity contribution in [2.45, 2.75) is 0 Å². The smallest absolute Gasteiger partial charge is 0.165 e. The number of methoxy groups -OCH3 is 1. The molecule has 0 atom stereocenters. The summed E-state index contributed by atoms with van der Waals surface area (Å²) in [7, 11) is 1.44. The zero-order chi connectivity index (χ0) is 9.68. The summed E-state index contributed by atoms with van der Waals surface area (Å²) in [5.41, 5.74) is 5.99. The van der Waals surface area contributed by atoms with E-state index in [1.165, 1.54) is 13.2 Å². The van der Waals surface area contributed by atoms with Crippen LogP contribution in [-0.4, -0.2) is 13.7 Å². The van der Waals surface area contributed by atoms with Crippen LogP contribution in [0.1, 0.15) is 5.56 Å². The second kappa shape index (κ2) is 6.56. The zero-order valence-electron chi connectivity index (χ0n) is 7.87. The summed E-state index contributed by atoms with van der Waals surface area (Å²) in [6, 6.07) is 4.76. The predicted octanol–water partition coefficient (Wildman–Crippen LogP) is 2.38. The van der Waals surface area contributed by atoms with Crippen molar-refractivity contribution in [3.63, 3.8) is 0 Å². The molecule has 4 heteroatoms. The Balaban J connectivity index is 0.00000169. The number of rotatable bonds is 3. The number of benzene rings is 1. The molecule has 0 amide bonds. The van der Waals surface area contributed by atoms with Crippen molar-refractivity contribution in [1.29, 1.82) is 0 Å². The number of halogens is 2. The number of nitrogens with two attached hydrogens (primary N) is 1. The van der Waals surface area contributed by atoms with Gasteiger partial charge in [-0.15, -0.1) is 17.0 Å². The molecule has 0 aliphatic carbocycles. The third kappa shape index (κ3) is 3.12. The topological polar surface area (TPSA) is 35.2 Å². The van der Waals surface area contributed by atoms with Crippen LogP contribution in [0.25, 0.3) is 6.08 Å². The predicted molar refractivity (Wildman–Crippen MR) is 61.4 cm³/mol. The van der Waals surface area contributed by atoms with Crippen LogP contribution in [0.3, 0.4) is 0 Å². The third-order valence-corrected chi connectivity index (χ3v) is 1.64. The van der Waals surface area contributed by atoms with Gasteiger partial charge in [0.2, 0.25) is 0 Å². The van der Waals surface area contributed by atoms with E-state index in [0.717, 1.165) is 0 Å². The van der Waals surface area contributed by atoms with E-state index in [0.29, 0.717) is 12.1 Å². The van der Waals surface area contributed by atoms with Gasteiger partial charge in [0.15, 0.2) is 11.6 Å². The molecule has 78 valence electrons. The van der Waals surface area contributed by atoms with Crippen LogP contribution in [0.5, 0.6) is 5.75 Å². The molecule has 2 N–H and O–H groups in total. The molecular formula is C10H13BrFNO. The zero-order valence-corrected chi connectivity index (χ0v) is 9.58. The van der Waals surface area contributed by atoms with Crippen LogP contribution in [-0.2, 0) is 0 Å². The molecule has 0 radical (unpaired) electrons. The van der Waals surface area contributed by atoms with E-state index < -0.39 is 0 Å². The van der Waals surface area contributed by atoms with Gasteiger partial charge < -0.3 is 10.5 Å². The van der Waals surface area contributed by atoms with Crippen molar-refractivity contribution >= 4 is 23.1 Å². The van der Waals surface area contributed by atoms with E-state index in [2.05, 4.69) is 0 Å². The SMILES string of the molecule is Br.COc1c(F)cccc1/C=C/CN. The largest absolute Gasteiger partial charge is 0.493 e. The van der Waals surface area contributed by atoms with Gasteiger partial charge in [-0.2, -0.15) is 0 Å². The highest BCUT2D eigenvalue weighted by Gasteiger charge is 2.04. The molecule has 14 heavy (non-hydrogen) atoms. The molecule has 0 saturated carbocycles. The standard InChI is InChI=1S/C10H12FNO.BrH/c1-13-10-8(5-3-7-12)4-2-6-9(10)11;/h2-6H,7,12H2,1H3;1H/b5-3+;. The van der Waals surface area contributed by atoms with E-state index >= 15 is 0 Å². The molecule has 1 rings (SSSR count). The molecule has 0 bridgehead atoms. The Hall–Kier alpha value is -0.870. The fraction of sp³-hybridized carbons (Fsp3) is 0.200. The Kier molecular flexibility index (Phi) is 6.16. The van der Waals surface area contributed by atoms with E-state index in [4.69, 9.17) is 10.5 Å². The summed E-state index contributed by atoms with van der Waals surface area (Å²) < 4.78 is 18.0. The molecule has 0 unspecified atom stereocenters. The molecular weight excluding hydrogens is 249 g/mol. The molecule has 0 aliphatic heterocycles. The highest BCUT2D eigenvalue weighted by Crippen LogP contribution is 2.22. The van der Waals surface area contributed by atoms with Crippen molar-refractivity contribution < 1.29 is 9.13 Å². The minimum atomic E-state index is -0.360. The summed E-state index contributed by atoms with van der Waals surface area (Å²) >= 11 is 0. The lowest BCUT2D eigenvalue weighted by atomic mass is 10.2. The molecule has 0 saturated heterocycles. The lowest BCUT2D eigenvalue weighted by Crippen LogP contribution is -1.94. The first-order valence-corrected chi connectivity index (χ1v) is 3.98. The van der Waals surface area contributed by atoms with Crippen LogP contribution in [0.15, 0.2) is 24.3 Å². The fourth-order valence-electron chi connectivity index (χ4n) is 1.07. The quantitative estimate of drug-likeness (QED) is 0.907. The fourth-order valence-corrected chi connectivity index (χ4v) is 1.07. The van der Waals surface area contributed by atoms with E-state index in [1.807, 2.05) is 0 Å². The van der Waals surface area contributed by atoms with E-state index in [-0.39, 0.29) is 28.5 Å². The minimum Gasteiger partial charge on any atom is -0.493 e. The van der Waals surface area contributed by atoms with Crippen LogP contribution in [0.4, 0.5) is 4.39 Å². The van der Waals surface area contributed by atoms with Crippen molar-refractivity contribution in [2.75, 3.05) is 13.7 Å². The van der Waals surface area contributed by atoms with Crippen molar-refractivity contribution in [3.05, 3.63) is 35.7 Å². The van der Waals surface area contributed by atoms with E-state index in [1.54, 1.807) is 24.3 Å². The Labute approximate surface area is 93.3 Å². The maximum atomic E-state index is 13.1. The van der Waals surface area contributed by atoms with Crippen LogP contribution in [0.2, 0.25) is 0 Å². The first kappa shape index (κ1) is 13.1. The highest BCUT2D eigenvalue weighted by atomic mass is 79.9. The average molecular weight is 262 g/mol. The second-order valence-electron chi connectivity index (χ2n) is 2.50. The van der Waals surface area contributed by atoms with Crippen LogP contribution in [0, 0.1) is 5.82 Å². The minimum absolute atomic E-state index is 0. The number of hydrogen-bond donors (Lipinski definition) is 1. The summed E-state index contributed by atoms with van der Waals surface area (Å²) in [5.74, 6) is -0.103. The van der Waals surface area contributed by atoms with Crippen LogP contribution < -0.4 is 10.5 Å². The third-order valence-electron chi connectivity index (χ3n) is 1.64. The van der Waals surface area contributed by atoms with Gasteiger partial charge in [-0.1, -0.05) is 24.3 Å². The number of para-hydroxylation sites is 1. The monoisotopic (exact) mass is 261 g/mol. The number of ether oxygens (including phenoxy) is 1. The van der Waals surface area contributed by atoms with Crippen molar-refractivity contribution in [2.24, 2.45) is 5.73 Å². The van der Waals surface area contributed by atoms with Gasteiger partial charge >= 0.3 is 0 Å². The Morgan fingerprint density at radius 1 is 1.50 bits per heavy atom. The summed E-state index contributed by atoms with van der Waals surface area (Å²) in [6.07, 6.45) is 3.49. The molecule has 0 heterocycles. The summed E-state index contributed by atoms with van der Waals surface area (Å²) in [4.78, 5) is 0. The van der Waals surface area contributed by atoms with E-state index in [9.17, 15) is 4.39 Å². The lowest BCUT2D eigenvalue weighted by Gasteiger charge is -2.04. The van der Waals surface area contributed by atoms with Crippen molar-refractivity contribution in [1.82, 2.24) is 0 Å². The molecule has 1 aromatic rings. The Morgan fingerprint density at radius 3 is 2.79 bits per heavy atom. The first-order chi connectivity index (χ1) is 6.29. The molecule has 2 nitrogen and oxygen atoms in total. The molecule has 0 spiro atoms. The van der Waals surface area contributed by atoms with Gasteiger partial charge in [-0.25, -0.2) is 4.39 Å². The highest BCUT2D eigenvalue weighted by molar-refractivity contribution is 8.93. The Morgan fingerprint density at radius 2 is 2.21 bits per heavy atom. The van der Waals surface area contributed by atoms with Gasteiger partial charge in [0, 0.05) is 12.1 Å². The maximum absolute atomic E-state index is 13.1. The van der Waals surface area contributed by atoms with Gasteiger partial charge in [-0.05, 0) is 6.07 Å². The lowest BCUT2D eigenvalue weighted by molar-refractivity contribution is 0.385. The summed E-state index contributed by atoms with van der Waals surface area (Å²) in [6.45, 7) is 0.430. The van der Waals surface area contributed by atoms with Crippen LogP contribution >= 0.6 is 17.0 Å². The molecule has 0 aliphatic rings. The molecule has 0 fully saturated rings. The Bertz CT molecular complexity index is 315. The van der Waals surface area contributed by atoms with Gasteiger partial charge in [0.25, 0.3) is 0 Å². The van der Waals surface area contributed by atoms with Gasteiger partial charge in [0.05, 0.1) is 7.11 Å². The maximum Gasteiger partial charge on any atom is 0.165 e. The summed E-state index contributed by atoms with van der Waals surface area (Å²) in [5, 5.41) is 0. The first-order valence-electron chi connectivity index (χ1n) is 3.98. The van der Waals surface area contributed by atoms with Gasteiger partial charge in [-0.3, -0.25) is 0 Å².